The van der Waals surface area contributed by atoms with Crippen molar-refractivity contribution in [3.63, 3.8) is 0 Å². The molecule has 0 aliphatic rings. The molecule has 0 rings (SSSR count). The zero-order valence-corrected chi connectivity index (χ0v) is 10.2. The zero-order valence-electron chi connectivity index (χ0n) is 8.59. The van der Waals surface area contributed by atoms with Crippen molar-refractivity contribution in [1.82, 2.24) is 0 Å². The Balaban J connectivity index is 4.00. The Morgan fingerprint density at radius 1 is 1.31 bits per heavy atom. The molecule has 0 amide bonds. The molecule has 0 N–H and O–H groups in total. The van der Waals surface area contributed by atoms with Crippen molar-refractivity contribution in [3.05, 3.63) is 0 Å². The molecule has 2 atom stereocenters. The molecule has 0 heterocycles. The van der Waals surface area contributed by atoms with E-state index in [1.807, 2.05) is 13.8 Å². The van der Waals surface area contributed by atoms with E-state index in [0.29, 0.717) is 12.3 Å². The highest BCUT2D eigenvalue weighted by Crippen LogP contribution is 2.19. The lowest BCUT2D eigenvalue weighted by molar-refractivity contribution is 0.481. The number of alkyl halides is 1. The number of hydrogen-bond donors (Lipinski definition) is 0. The first-order chi connectivity index (χ1) is 5.93. The van der Waals surface area contributed by atoms with Crippen LogP contribution in [0.5, 0.6) is 0 Å². The zero-order chi connectivity index (χ0) is 10.5. The van der Waals surface area contributed by atoms with Crippen LogP contribution >= 0.6 is 11.6 Å². The second-order valence-electron chi connectivity index (χ2n) is 3.37. The molecule has 0 bridgehead atoms. The fourth-order valence-corrected chi connectivity index (χ4v) is 2.49. The quantitative estimate of drug-likeness (QED) is 0.652. The average molecular weight is 227 g/mol. The number of hydrogen-bond acceptors (Lipinski definition) is 2. The summed E-state index contributed by atoms with van der Waals surface area (Å²) >= 11 is 5.92. The summed E-state index contributed by atoms with van der Waals surface area (Å²) in [5, 5.41) is 0.0667. The van der Waals surface area contributed by atoms with Crippen LogP contribution in [-0.2, 0) is 9.84 Å². The molecule has 80 valence electrons. The smallest absolute Gasteiger partial charge is 0.150 e. The van der Waals surface area contributed by atoms with E-state index < -0.39 is 9.84 Å². The predicted molar refractivity (Wildman–Crippen MR) is 58.0 cm³/mol. The summed E-state index contributed by atoms with van der Waals surface area (Å²) in [5.41, 5.74) is 0. The molecule has 0 saturated heterocycles. The molecule has 2 unspecified atom stereocenters. The second kappa shape index (κ2) is 5.86. The van der Waals surface area contributed by atoms with E-state index in [-0.39, 0.29) is 16.9 Å². The summed E-state index contributed by atoms with van der Waals surface area (Å²) in [5.74, 6) is 0.835. The predicted octanol–water partition coefficient (Wildman–Crippen LogP) is 2.46. The molecule has 0 aromatic heterocycles. The van der Waals surface area contributed by atoms with Crippen molar-refractivity contribution in [3.8, 4) is 0 Å². The van der Waals surface area contributed by atoms with Crippen molar-refractivity contribution >= 4 is 21.4 Å². The molecule has 0 saturated carbocycles. The Hall–Kier alpha value is 0.240. The van der Waals surface area contributed by atoms with Crippen LogP contribution in [0.1, 0.15) is 33.6 Å². The Morgan fingerprint density at radius 2 is 1.85 bits per heavy atom. The second-order valence-corrected chi connectivity index (χ2v) is 6.53. The third-order valence-corrected chi connectivity index (χ3v) is 4.51. The molecule has 13 heavy (non-hydrogen) atoms. The van der Waals surface area contributed by atoms with Gasteiger partial charge in [0.15, 0.2) is 0 Å². The van der Waals surface area contributed by atoms with Gasteiger partial charge in [0.2, 0.25) is 0 Å². The van der Waals surface area contributed by atoms with Gasteiger partial charge in [0.25, 0.3) is 0 Å². The Morgan fingerprint density at radius 3 is 2.15 bits per heavy atom. The number of sulfone groups is 1. The fourth-order valence-electron chi connectivity index (χ4n) is 1.23. The summed E-state index contributed by atoms with van der Waals surface area (Å²) in [7, 11) is -2.82. The van der Waals surface area contributed by atoms with Crippen molar-refractivity contribution in [2.45, 2.75) is 39.0 Å². The molecule has 0 aromatic carbocycles. The normalized spacial score (nSPS) is 16.9. The number of halogens is 1. The van der Waals surface area contributed by atoms with Crippen LogP contribution in [-0.4, -0.2) is 25.3 Å². The maximum atomic E-state index is 11.2. The van der Waals surface area contributed by atoms with E-state index in [1.165, 1.54) is 0 Å². The minimum atomic E-state index is -2.82. The van der Waals surface area contributed by atoms with Gasteiger partial charge < -0.3 is 0 Å². The van der Waals surface area contributed by atoms with Crippen molar-refractivity contribution in [1.29, 1.82) is 0 Å². The van der Waals surface area contributed by atoms with Gasteiger partial charge in [-0.2, -0.15) is 0 Å². The third-order valence-electron chi connectivity index (χ3n) is 2.41. The van der Waals surface area contributed by atoms with Crippen LogP contribution in [0.15, 0.2) is 0 Å². The summed E-state index contributed by atoms with van der Waals surface area (Å²) in [6.07, 6.45) is 1.64. The van der Waals surface area contributed by atoms with Crippen LogP contribution in [0.25, 0.3) is 0 Å². The van der Waals surface area contributed by atoms with E-state index in [1.54, 1.807) is 6.92 Å². The van der Waals surface area contributed by atoms with Gasteiger partial charge >= 0.3 is 0 Å². The highest BCUT2D eigenvalue weighted by Gasteiger charge is 2.16. The number of rotatable bonds is 6. The Bertz CT molecular complexity index is 222. The van der Waals surface area contributed by atoms with Crippen LogP contribution < -0.4 is 0 Å². The lowest BCUT2D eigenvalue weighted by Gasteiger charge is -2.16. The lowest BCUT2D eigenvalue weighted by Crippen LogP contribution is -2.17. The minimum Gasteiger partial charge on any atom is -0.229 e. The Kier molecular flexibility index (Phi) is 5.97. The molecular formula is C9H19ClO2S. The summed E-state index contributed by atoms with van der Waals surface area (Å²) < 4.78 is 22.4. The third kappa shape index (κ3) is 5.53. The highest BCUT2D eigenvalue weighted by atomic mass is 35.5. The lowest BCUT2D eigenvalue weighted by atomic mass is 10.0. The van der Waals surface area contributed by atoms with Gasteiger partial charge in [-0.15, -0.1) is 11.6 Å². The monoisotopic (exact) mass is 226 g/mol. The fraction of sp³-hybridized carbons (Fsp3) is 1.00. The largest absolute Gasteiger partial charge is 0.229 e. The van der Waals surface area contributed by atoms with Gasteiger partial charge in [-0.25, -0.2) is 8.42 Å². The van der Waals surface area contributed by atoms with E-state index in [9.17, 15) is 8.42 Å². The van der Waals surface area contributed by atoms with Crippen molar-refractivity contribution < 1.29 is 8.42 Å². The van der Waals surface area contributed by atoms with Gasteiger partial charge in [-0.3, -0.25) is 0 Å². The van der Waals surface area contributed by atoms with Gasteiger partial charge in [-0.05, 0) is 19.3 Å². The van der Waals surface area contributed by atoms with E-state index >= 15 is 0 Å². The molecule has 4 heteroatoms. The molecule has 0 spiro atoms. The molecular weight excluding hydrogens is 208 g/mol. The molecule has 0 aromatic rings. The molecule has 0 aliphatic carbocycles. The van der Waals surface area contributed by atoms with Crippen LogP contribution in [0.4, 0.5) is 0 Å². The van der Waals surface area contributed by atoms with Crippen molar-refractivity contribution in [2.24, 2.45) is 5.92 Å². The van der Waals surface area contributed by atoms with Gasteiger partial charge in [-0.1, -0.05) is 20.3 Å². The van der Waals surface area contributed by atoms with Crippen LogP contribution in [0, 0.1) is 5.92 Å². The minimum absolute atomic E-state index is 0.0667. The first kappa shape index (κ1) is 13.2. The molecule has 0 radical (unpaired) electrons. The maximum absolute atomic E-state index is 11.2. The highest BCUT2D eigenvalue weighted by molar-refractivity contribution is 7.91. The first-order valence-corrected chi connectivity index (χ1v) is 7.03. The standard InChI is InChI=1S/C9H19ClO2S/c1-4-9(8(3)10)6-7-13(11,12)5-2/h8-9H,4-7H2,1-3H3. The van der Waals surface area contributed by atoms with E-state index in [0.717, 1.165) is 6.42 Å². The average Bonchev–Trinajstić information content (AvgIpc) is 2.05. The summed E-state index contributed by atoms with van der Waals surface area (Å²) in [6.45, 7) is 5.65. The molecule has 0 fully saturated rings. The maximum Gasteiger partial charge on any atom is 0.150 e. The SMILES string of the molecule is CCC(CCS(=O)(=O)CC)C(C)Cl. The summed E-state index contributed by atoms with van der Waals surface area (Å²) in [4.78, 5) is 0. The van der Waals surface area contributed by atoms with Gasteiger partial charge in [0.1, 0.15) is 9.84 Å². The van der Waals surface area contributed by atoms with Gasteiger partial charge in [0.05, 0.1) is 5.75 Å². The van der Waals surface area contributed by atoms with E-state index in [2.05, 4.69) is 0 Å². The molecule has 2 nitrogen and oxygen atoms in total. The topological polar surface area (TPSA) is 34.1 Å². The van der Waals surface area contributed by atoms with Crippen LogP contribution in [0.3, 0.4) is 0 Å². The van der Waals surface area contributed by atoms with Gasteiger partial charge in [0, 0.05) is 11.1 Å². The van der Waals surface area contributed by atoms with E-state index in [4.69, 9.17) is 11.6 Å². The molecule has 0 aliphatic heterocycles. The summed E-state index contributed by atoms with van der Waals surface area (Å²) in [6, 6.07) is 0. The van der Waals surface area contributed by atoms with Crippen LogP contribution in [0.2, 0.25) is 0 Å². The van der Waals surface area contributed by atoms with Crippen molar-refractivity contribution in [2.75, 3.05) is 11.5 Å². The first-order valence-electron chi connectivity index (χ1n) is 4.77. The Labute approximate surface area is 86.6 Å².